The van der Waals surface area contributed by atoms with Crippen LogP contribution in [0.2, 0.25) is 0 Å². The Hall–Kier alpha value is -2.66. The minimum Gasteiger partial charge on any atom is -0.352 e. The molecule has 1 aliphatic rings. The molecular weight excluding hydrogens is 374 g/mol. The molecule has 2 N–H and O–H groups in total. The number of rotatable bonds is 8. The minimum atomic E-state index is -0.154. The highest BCUT2D eigenvalue weighted by Crippen LogP contribution is 2.23. The quantitative estimate of drug-likeness (QED) is 0.703. The summed E-state index contributed by atoms with van der Waals surface area (Å²) in [6.07, 6.45) is 1.57. The first-order valence-corrected chi connectivity index (χ1v) is 10.9. The number of piperidine rings is 1. The highest BCUT2D eigenvalue weighted by molar-refractivity contribution is 5.94. The Kier molecular flexibility index (Phi) is 8.03. The SMILES string of the molecule is C[C@H]1C[C@H](C)CN(Cc2ccccc2CNC(=O)CCNC(=O)c2ccccc2)C1. The van der Waals surface area contributed by atoms with E-state index in [1.54, 1.807) is 12.1 Å². The van der Waals surface area contributed by atoms with Gasteiger partial charge in [0.25, 0.3) is 5.91 Å². The molecule has 0 aliphatic carbocycles. The summed E-state index contributed by atoms with van der Waals surface area (Å²) in [5.74, 6) is 1.25. The van der Waals surface area contributed by atoms with Gasteiger partial charge >= 0.3 is 0 Å². The topological polar surface area (TPSA) is 61.4 Å². The summed E-state index contributed by atoms with van der Waals surface area (Å²) in [5.41, 5.74) is 3.04. The van der Waals surface area contributed by atoms with Crippen LogP contribution in [-0.2, 0) is 17.9 Å². The van der Waals surface area contributed by atoms with Gasteiger partial charge in [0.05, 0.1) is 0 Å². The zero-order chi connectivity index (χ0) is 21.3. The molecule has 0 bridgehead atoms. The third-order valence-electron chi connectivity index (χ3n) is 5.61. The average molecular weight is 408 g/mol. The van der Waals surface area contributed by atoms with E-state index in [0.717, 1.165) is 37.0 Å². The highest BCUT2D eigenvalue weighted by atomic mass is 16.2. The Balaban J connectivity index is 1.45. The summed E-state index contributed by atoms with van der Waals surface area (Å²) in [7, 11) is 0. The van der Waals surface area contributed by atoms with Crippen molar-refractivity contribution in [3.8, 4) is 0 Å². The fourth-order valence-electron chi connectivity index (χ4n) is 4.31. The van der Waals surface area contributed by atoms with E-state index < -0.39 is 0 Å². The van der Waals surface area contributed by atoms with Crippen LogP contribution in [0.25, 0.3) is 0 Å². The molecule has 1 aliphatic heterocycles. The van der Waals surface area contributed by atoms with Crippen LogP contribution >= 0.6 is 0 Å². The van der Waals surface area contributed by atoms with E-state index >= 15 is 0 Å². The number of hydrogen-bond acceptors (Lipinski definition) is 3. The van der Waals surface area contributed by atoms with Gasteiger partial charge in [0.2, 0.25) is 5.91 Å². The van der Waals surface area contributed by atoms with Gasteiger partial charge in [0.1, 0.15) is 0 Å². The second-order valence-corrected chi connectivity index (χ2v) is 8.56. The van der Waals surface area contributed by atoms with Gasteiger partial charge in [-0.25, -0.2) is 0 Å². The first kappa shape index (κ1) is 22.0. The van der Waals surface area contributed by atoms with E-state index in [9.17, 15) is 9.59 Å². The number of carbonyl (C=O) groups excluding carboxylic acids is 2. The molecule has 0 saturated carbocycles. The minimum absolute atomic E-state index is 0.0571. The van der Waals surface area contributed by atoms with E-state index in [1.807, 2.05) is 24.3 Å². The third kappa shape index (κ3) is 6.70. The van der Waals surface area contributed by atoms with Crippen LogP contribution in [0.3, 0.4) is 0 Å². The lowest BCUT2D eigenvalue weighted by atomic mass is 9.91. The van der Waals surface area contributed by atoms with Gasteiger partial charge in [0.15, 0.2) is 0 Å². The zero-order valence-corrected chi connectivity index (χ0v) is 18.1. The van der Waals surface area contributed by atoms with Crippen LogP contribution in [0.1, 0.15) is 48.2 Å². The molecule has 1 heterocycles. The van der Waals surface area contributed by atoms with Crippen molar-refractivity contribution in [2.24, 2.45) is 11.8 Å². The molecular formula is C25H33N3O2. The Morgan fingerprint density at radius 1 is 0.900 bits per heavy atom. The number of benzene rings is 2. The first-order chi connectivity index (χ1) is 14.5. The maximum Gasteiger partial charge on any atom is 0.251 e. The molecule has 2 aromatic rings. The summed E-state index contributed by atoms with van der Waals surface area (Å²) in [4.78, 5) is 26.8. The second kappa shape index (κ2) is 10.9. The van der Waals surface area contributed by atoms with Crippen molar-refractivity contribution >= 4 is 11.8 Å². The van der Waals surface area contributed by atoms with Crippen molar-refractivity contribution in [1.29, 1.82) is 0 Å². The Morgan fingerprint density at radius 3 is 2.23 bits per heavy atom. The van der Waals surface area contributed by atoms with Gasteiger partial charge in [0, 0.05) is 44.7 Å². The highest BCUT2D eigenvalue weighted by Gasteiger charge is 2.22. The Bertz CT molecular complexity index is 827. The number of likely N-dealkylation sites (tertiary alicyclic amines) is 1. The molecule has 0 radical (unpaired) electrons. The number of hydrogen-bond donors (Lipinski definition) is 2. The lowest BCUT2D eigenvalue weighted by Gasteiger charge is -2.35. The smallest absolute Gasteiger partial charge is 0.251 e. The summed E-state index contributed by atoms with van der Waals surface area (Å²) >= 11 is 0. The predicted molar refractivity (Wildman–Crippen MR) is 120 cm³/mol. The lowest BCUT2D eigenvalue weighted by Crippen LogP contribution is -2.38. The van der Waals surface area contributed by atoms with Gasteiger partial charge in [-0.2, -0.15) is 0 Å². The summed E-state index contributed by atoms with van der Waals surface area (Å²) in [6.45, 7) is 8.67. The molecule has 0 spiro atoms. The van der Waals surface area contributed by atoms with E-state index in [2.05, 4.69) is 47.6 Å². The second-order valence-electron chi connectivity index (χ2n) is 8.56. The number of amides is 2. The van der Waals surface area contributed by atoms with E-state index in [4.69, 9.17) is 0 Å². The van der Waals surface area contributed by atoms with Gasteiger partial charge in [-0.1, -0.05) is 56.3 Å². The van der Waals surface area contributed by atoms with Crippen LogP contribution < -0.4 is 10.6 Å². The Morgan fingerprint density at radius 2 is 1.53 bits per heavy atom. The van der Waals surface area contributed by atoms with Crippen molar-refractivity contribution in [2.45, 2.75) is 39.8 Å². The molecule has 2 aromatic carbocycles. The molecule has 0 unspecified atom stereocenters. The maximum absolute atomic E-state index is 12.2. The fraction of sp³-hybridized carbons (Fsp3) is 0.440. The van der Waals surface area contributed by atoms with Crippen molar-refractivity contribution in [3.63, 3.8) is 0 Å². The van der Waals surface area contributed by atoms with Crippen LogP contribution in [0, 0.1) is 11.8 Å². The normalized spacial score (nSPS) is 19.3. The molecule has 0 aromatic heterocycles. The molecule has 2 atom stereocenters. The molecule has 30 heavy (non-hydrogen) atoms. The molecule has 160 valence electrons. The molecule has 5 heteroatoms. The Labute approximate surface area is 179 Å². The summed E-state index contributed by atoms with van der Waals surface area (Å²) in [5, 5.41) is 5.79. The third-order valence-corrected chi connectivity index (χ3v) is 5.61. The van der Waals surface area contributed by atoms with E-state index in [1.165, 1.54) is 12.0 Å². The average Bonchev–Trinajstić information content (AvgIpc) is 2.73. The number of nitrogens with one attached hydrogen (secondary N) is 2. The van der Waals surface area contributed by atoms with Crippen molar-refractivity contribution in [2.75, 3.05) is 19.6 Å². The molecule has 3 rings (SSSR count). The van der Waals surface area contributed by atoms with Crippen molar-refractivity contribution in [1.82, 2.24) is 15.5 Å². The largest absolute Gasteiger partial charge is 0.352 e. The maximum atomic E-state index is 12.2. The molecule has 2 amide bonds. The summed E-state index contributed by atoms with van der Waals surface area (Å²) < 4.78 is 0. The summed E-state index contributed by atoms with van der Waals surface area (Å²) in [6, 6.07) is 17.4. The lowest BCUT2D eigenvalue weighted by molar-refractivity contribution is -0.121. The monoisotopic (exact) mass is 407 g/mol. The van der Waals surface area contributed by atoms with E-state index in [-0.39, 0.29) is 18.2 Å². The zero-order valence-electron chi connectivity index (χ0n) is 18.1. The number of nitrogens with zero attached hydrogens (tertiary/aromatic N) is 1. The van der Waals surface area contributed by atoms with Crippen LogP contribution in [0.15, 0.2) is 54.6 Å². The van der Waals surface area contributed by atoms with Crippen LogP contribution in [0.5, 0.6) is 0 Å². The van der Waals surface area contributed by atoms with E-state index in [0.29, 0.717) is 18.7 Å². The predicted octanol–water partition coefficient (Wildman–Crippen LogP) is 3.60. The van der Waals surface area contributed by atoms with Gasteiger partial charge in [-0.05, 0) is 41.5 Å². The van der Waals surface area contributed by atoms with Gasteiger partial charge in [-0.15, -0.1) is 0 Å². The van der Waals surface area contributed by atoms with Gasteiger partial charge < -0.3 is 10.6 Å². The standard InChI is InChI=1S/C25H33N3O2/c1-19-14-20(2)17-28(16-19)18-23-11-7-6-10-22(23)15-27-24(29)12-13-26-25(30)21-8-4-3-5-9-21/h3-11,19-20H,12-18H2,1-2H3,(H,26,30)(H,27,29)/t19-,20-/m0/s1. The molecule has 5 nitrogen and oxygen atoms in total. The van der Waals surface area contributed by atoms with Crippen LogP contribution in [0.4, 0.5) is 0 Å². The van der Waals surface area contributed by atoms with Crippen molar-refractivity contribution < 1.29 is 9.59 Å². The van der Waals surface area contributed by atoms with Crippen molar-refractivity contribution in [3.05, 3.63) is 71.3 Å². The van der Waals surface area contributed by atoms with Gasteiger partial charge in [-0.3, -0.25) is 14.5 Å². The van der Waals surface area contributed by atoms with Crippen LogP contribution in [-0.4, -0.2) is 36.3 Å². The molecule has 1 fully saturated rings. The fourth-order valence-corrected chi connectivity index (χ4v) is 4.31. The number of carbonyl (C=O) groups is 2. The first-order valence-electron chi connectivity index (χ1n) is 10.9. The molecule has 1 saturated heterocycles.